The number of nitrogens with one attached hydrogen (secondary N) is 2. The van der Waals surface area contributed by atoms with Crippen LogP contribution in [0.15, 0.2) is 0 Å². The third kappa shape index (κ3) is 7.82. The third-order valence-electron chi connectivity index (χ3n) is 1.37. The Hall–Kier alpha value is -0.420. The predicted octanol–water partition coefficient (Wildman–Crippen LogP) is -1.02. The number of alkyl halides is 3. The molecule has 3 N–H and O–H groups in total. The van der Waals surface area contributed by atoms with Crippen LogP contribution in [0.4, 0.5) is 13.2 Å². The van der Waals surface area contributed by atoms with Gasteiger partial charge in [-0.15, -0.1) is 0 Å². The van der Waals surface area contributed by atoms with E-state index in [1.807, 2.05) is 0 Å². The molecule has 10 heteroatoms. The van der Waals surface area contributed by atoms with Gasteiger partial charge < -0.3 is 9.84 Å². The minimum Gasteiger partial charge on any atom is -0.395 e. The number of hydrogen-bond acceptors (Lipinski definition) is 4. The standard InChI is InChI=1S/C6H13F3N2O4S/c1-15-3-5(2-12)11-16(13,14)10-4-6(7,8)9/h5,10-12H,2-4H2,1H3. The first-order valence-electron chi connectivity index (χ1n) is 4.13. The lowest BCUT2D eigenvalue weighted by atomic mass is 10.4. The van der Waals surface area contributed by atoms with Gasteiger partial charge in [-0.2, -0.15) is 31.0 Å². The Balaban J connectivity index is 4.23. The normalized spacial score (nSPS) is 15.1. The summed E-state index contributed by atoms with van der Waals surface area (Å²) in [5, 5.41) is 8.69. The molecule has 0 heterocycles. The molecule has 6 nitrogen and oxygen atoms in total. The van der Waals surface area contributed by atoms with Crippen LogP contribution < -0.4 is 9.44 Å². The lowest BCUT2D eigenvalue weighted by Gasteiger charge is -2.16. The van der Waals surface area contributed by atoms with Gasteiger partial charge in [-0.3, -0.25) is 0 Å². The molecule has 0 aliphatic carbocycles. The predicted molar refractivity (Wildman–Crippen MR) is 48.9 cm³/mol. The topological polar surface area (TPSA) is 87.7 Å². The smallest absolute Gasteiger partial charge is 0.395 e. The molecule has 0 amide bonds. The number of aliphatic hydroxyl groups excluding tert-OH is 1. The average Bonchev–Trinajstić information content (AvgIpc) is 2.13. The largest absolute Gasteiger partial charge is 0.402 e. The summed E-state index contributed by atoms with van der Waals surface area (Å²) in [6.07, 6.45) is -4.63. The van der Waals surface area contributed by atoms with Crippen LogP contribution in [0.25, 0.3) is 0 Å². The Bertz CT molecular complexity index is 293. The van der Waals surface area contributed by atoms with Gasteiger partial charge >= 0.3 is 6.18 Å². The molecule has 1 atom stereocenters. The molecule has 0 rings (SSSR count). The highest BCUT2D eigenvalue weighted by Gasteiger charge is 2.30. The van der Waals surface area contributed by atoms with Gasteiger partial charge in [-0.1, -0.05) is 0 Å². The molecule has 98 valence electrons. The van der Waals surface area contributed by atoms with E-state index in [4.69, 9.17) is 5.11 Å². The number of halogens is 3. The van der Waals surface area contributed by atoms with E-state index in [0.717, 1.165) is 0 Å². The van der Waals surface area contributed by atoms with Crippen molar-refractivity contribution in [1.82, 2.24) is 9.44 Å². The van der Waals surface area contributed by atoms with Crippen molar-refractivity contribution in [3.05, 3.63) is 0 Å². The zero-order valence-corrected chi connectivity index (χ0v) is 9.23. The van der Waals surface area contributed by atoms with Crippen molar-refractivity contribution in [3.63, 3.8) is 0 Å². The molecule has 0 spiro atoms. The van der Waals surface area contributed by atoms with Crippen LogP contribution in [-0.4, -0.2) is 52.6 Å². The first-order valence-corrected chi connectivity index (χ1v) is 5.62. The lowest BCUT2D eigenvalue weighted by molar-refractivity contribution is -0.121. The molecule has 16 heavy (non-hydrogen) atoms. The maximum Gasteiger partial charge on any atom is 0.402 e. The fourth-order valence-corrected chi connectivity index (χ4v) is 1.78. The molecule has 0 saturated carbocycles. The van der Waals surface area contributed by atoms with Crippen LogP contribution >= 0.6 is 0 Å². The molecule has 0 aliphatic heterocycles. The van der Waals surface area contributed by atoms with Gasteiger partial charge in [0.2, 0.25) is 0 Å². The summed E-state index contributed by atoms with van der Waals surface area (Å²) in [7, 11) is -3.04. The number of rotatable bonds is 7. The Morgan fingerprint density at radius 3 is 2.38 bits per heavy atom. The zero-order valence-electron chi connectivity index (χ0n) is 8.41. The van der Waals surface area contributed by atoms with E-state index in [-0.39, 0.29) is 6.61 Å². The van der Waals surface area contributed by atoms with Gasteiger partial charge in [0.25, 0.3) is 10.2 Å². The first-order chi connectivity index (χ1) is 7.20. The summed E-state index contributed by atoms with van der Waals surface area (Å²) >= 11 is 0. The van der Waals surface area contributed by atoms with Gasteiger partial charge in [0.15, 0.2) is 0 Å². The fourth-order valence-electron chi connectivity index (χ4n) is 0.763. The van der Waals surface area contributed by atoms with Gasteiger partial charge in [0, 0.05) is 7.11 Å². The Labute approximate surface area is 91.0 Å². The minimum absolute atomic E-state index is 0.149. The van der Waals surface area contributed by atoms with Crippen molar-refractivity contribution in [2.45, 2.75) is 12.2 Å². The molecule has 0 fully saturated rings. The van der Waals surface area contributed by atoms with Crippen molar-refractivity contribution in [2.24, 2.45) is 0 Å². The monoisotopic (exact) mass is 266 g/mol. The van der Waals surface area contributed by atoms with E-state index in [1.165, 1.54) is 11.8 Å². The van der Waals surface area contributed by atoms with Crippen LogP contribution in [0.5, 0.6) is 0 Å². The average molecular weight is 266 g/mol. The summed E-state index contributed by atoms with van der Waals surface area (Å²) in [6.45, 7) is -2.41. The molecule has 0 aromatic carbocycles. The van der Waals surface area contributed by atoms with Crippen molar-refractivity contribution >= 4 is 10.2 Å². The SMILES string of the molecule is COCC(CO)NS(=O)(=O)NCC(F)(F)F. The summed E-state index contributed by atoms with van der Waals surface area (Å²) in [5.41, 5.74) is 0. The second-order valence-electron chi connectivity index (χ2n) is 2.89. The van der Waals surface area contributed by atoms with Crippen molar-refractivity contribution in [1.29, 1.82) is 0 Å². The van der Waals surface area contributed by atoms with Crippen LogP contribution in [0.1, 0.15) is 0 Å². The first kappa shape index (κ1) is 15.6. The molecule has 0 saturated heterocycles. The maximum atomic E-state index is 11.7. The van der Waals surface area contributed by atoms with E-state index in [9.17, 15) is 21.6 Å². The highest BCUT2D eigenvalue weighted by molar-refractivity contribution is 7.87. The van der Waals surface area contributed by atoms with Gasteiger partial charge in [-0.05, 0) is 0 Å². The zero-order chi connectivity index (χ0) is 12.8. The van der Waals surface area contributed by atoms with E-state index < -0.39 is 35.6 Å². The van der Waals surface area contributed by atoms with E-state index in [1.54, 1.807) is 4.72 Å². The number of methoxy groups -OCH3 is 1. The fraction of sp³-hybridized carbons (Fsp3) is 1.00. The Morgan fingerprint density at radius 2 is 2.00 bits per heavy atom. The number of hydrogen-bond donors (Lipinski definition) is 3. The number of aliphatic hydroxyl groups is 1. The molecule has 0 aromatic rings. The molecular formula is C6H13F3N2O4S. The lowest BCUT2D eigenvalue weighted by Crippen LogP contribution is -2.48. The van der Waals surface area contributed by atoms with Crippen LogP contribution in [0, 0.1) is 0 Å². The van der Waals surface area contributed by atoms with Gasteiger partial charge in [0.1, 0.15) is 6.54 Å². The molecular weight excluding hydrogens is 253 g/mol. The van der Waals surface area contributed by atoms with Crippen LogP contribution in [0.2, 0.25) is 0 Å². The second kappa shape index (κ2) is 6.35. The third-order valence-corrected chi connectivity index (χ3v) is 2.54. The molecule has 1 unspecified atom stereocenters. The minimum atomic E-state index is -4.63. The second-order valence-corrected chi connectivity index (χ2v) is 4.42. The number of ether oxygens (including phenoxy) is 1. The van der Waals surface area contributed by atoms with Crippen molar-refractivity contribution in [2.75, 3.05) is 26.9 Å². The van der Waals surface area contributed by atoms with E-state index in [2.05, 4.69) is 4.74 Å². The molecule has 0 bridgehead atoms. The van der Waals surface area contributed by atoms with Gasteiger partial charge in [0.05, 0.1) is 19.3 Å². The van der Waals surface area contributed by atoms with Gasteiger partial charge in [-0.25, -0.2) is 0 Å². The van der Waals surface area contributed by atoms with Crippen LogP contribution in [0.3, 0.4) is 0 Å². The quantitative estimate of drug-likeness (QED) is 0.550. The van der Waals surface area contributed by atoms with E-state index in [0.29, 0.717) is 0 Å². The summed E-state index contributed by atoms with van der Waals surface area (Å²) in [5.74, 6) is 0. The molecule has 0 aromatic heterocycles. The highest BCUT2D eigenvalue weighted by Crippen LogP contribution is 2.12. The van der Waals surface area contributed by atoms with Crippen molar-refractivity contribution in [3.8, 4) is 0 Å². The highest BCUT2D eigenvalue weighted by atomic mass is 32.2. The van der Waals surface area contributed by atoms with Crippen LogP contribution in [-0.2, 0) is 14.9 Å². The Kier molecular flexibility index (Phi) is 6.18. The maximum absolute atomic E-state index is 11.7. The molecule has 0 radical (unpaired) electrons. The molecule has 0 aliphatic rings. The Morgan fingerprint density at radius 1 is 1.44 bits per heavy atom. The summed E-state index contributed by atoms with van der Waals surface area (Å²) < 4.78 is 64.9. The van der Waals surface area contributed by atoms with E-state index >= 15 is 0 Å². The summed E-state index contributed by atoms with van der Waals surface area (Å²) in [6, 6.07) is -0.990. The summed E-state index contributed by atoms with van der Waals surface area (Å²) in [4.78, 5) is 0. The van der Waals surface area contributed by atoms with Crippen molar-refractivity contribution < 1.29 is 31.4 Å².